The fraction of sp³-hybridized carbons (Fsp3) is 0.875. The van der Waals surface area contributed by atoms with Gasteiger partial charge in [-0.25, -0.2) is 0 Å². The van der Waals surface area contributed by atoms with Crippen molar-refractivity contribution in [3.8, 4) is 0 Å². The maximum absolute atomic E-state index is 11.3. The molecule has 20 heavy (non-hydrogen) atoms. The molecule has 0 aromatic carbocycles. The SMILES string of the molecule is CCCCCCCCCCCC(O)C1CC(=O)OC1=O. The lowest BCUT2D eigenvalue weighted by atomic mass is 9.95. The van der Waals surface area contributed by atoms with Crippen LogP contribution in [0.3, 0.4) is 0 Å². The van der Waals surface area contributed by atoms with E-state index in [9.17, 15) is 14.7 Å². The highest BCUT2D eigenvalue weighted by Gasteiger charge is 2.38. The zero-order chi connectivity index (χ0) is 14.8. The Bertz CT molecular complexity index is 301. The van der Waals surface area contributed by atoms with E-state index in [4.69, 9.17) is 0 Å². The Morgan fingerprint density at radius 1 is 1.05 bits per heavy atom. The molecule has 0 amide bonds. The van der Waals surface area contributed by atoms with Crippen molar-refractivity contribution in [2.24, 2.45) is 5.92 Å². The van der Waals surface area contributed by atoms with Gasteiger partial charge in [0.25, 0.3) is 0 Å². The molecule has 1 N–H and O–H groups in total. The Morgan fingerprint density at radius 3 is 2.10 bits per heavy atom. The molecule has 0 aromatic rings. The Morgan fingerprint density at radius 2 is 1.60 bits per heavy atom. The van der Waals surface area contributed by atoms with Crippen molar-refractivity contribution < 1.29 is 19.4 Å². The van der Waals surface area contributed by atoms with E-state index in [1.807, 2.05) is 0 Å². The van der Waals surface area contributed by atoms with Gasteiger partial charge in [-0.1, -0.05) is 64.7 Å². The number of rotatable bonds is 11. The molecule has 0 bridgehead atoms. The van der Waals surface area contributed by atoms with Crippen LogP contribution in [0.2, 0.25) is 0 Å². The van der Waals surface area contributed by atoms with Gasteiger partial charge in [-0.3, -0.25) is 9.59 Å². The molecule has 2 atom stereocenters. The van der Waals surface area contributed by atoms with E-state index in [0.29, 0.717) is 6.42 Å². The smallest absolute Gasteiger partial charge is 0.319 e. The average Bonchev–Trinajstić information content (AvgIpc) is 2.75. The van der Waals surface area contributed by atoms with Crippen LogP contribution in [0.25, 0.3) is 0 Å². The van der Waals surface area contributed by atoms with Crippen molar-refractivity contribution in [3.63, 3.8) is 0 Å². The predicted octanol–water partition coefficient (Wildman–Crippen LogP) is 3.36. The van der Waals surface area contributed by atoms with Crippen LogP contribution in [-0.2, 0) is 14.3 Å². The molecular weight excluding hydrogens is 256 g/mol. The summed E-state index contributed by atoms with van der Waals surface area (Å²) in [7, 11) is 0. The minimum absolute atomic E-state index is 0.0391. The number of cyclic esters (lactones) is 2. The predicted molar refractivity (Wildman–Crippen MR) is 77.1 cm³/mol. The zero-order valence-corrected chi connectivity index (χ0v) is 12.6. The summed E-state index contributed by atoms with van der Waals surface area (Å²) < 4.78 is 4.45. The van der Waals surface area contributed by atoms with Crippen molar-refractivity contribution in [1.29, 1.82) is 0 Å². The van der Waals surface area contributed by atoms with E-state index < -0.39 is 24.0 Å². The van der Waals surface area contributed by atoms with Gasteiger partial charge in [-0.15, -0.1) is 0 Å². The average molecular weight is 284 g/mol. The molecule has 1 aliphatic rings. The van der Waals surface area contributed by atoms with Crippen molar-refractivity contribution in [2.75, 3.05) is 0 Å². The number of hydrogen-bond acceptors (Lipinski definition) is 4. The summed E-state index contributed by atoms with van der Waals surface area (Å²) in [5.41, 5.74) is 0. The van der Waals surface area contributed by atoms with Crippen LogP contribution in [-0.4, -0.2) is 23.1 Å². The molecular formula is C16H28O4. The third-order valence-electron chi connectivity index (χ3n) is 3.97. The van der Waals surface area contributed by atoms with Crippen LogP contribution < -0.4 is 0 Å². The number of unbranched alkanes of at least 4 members (excludes halogenated alkanes) is 8. The van der Waals surface area contributed by atoms with Crippen molar-refractivity contribution in [1.82, 2.24) is 0 Å². The van der Waals surface area contributed by atoms with E-state index in [0.717, 1.165) is 12.8 Å². The van der Waals surface area contributed by atoms with Gasteiger partial charge >= 0.3 is 11.9 Å². The molecule has 1 saturated heterocycles. The molecule has 116 valence electrons. The first-order chi connectivity index (χ1) is 9.65. The Kier molecular flexibility index (Phi) is 8.51. The van der Waals surface area contributed by atoms with Crippen molar-refractivity contribution >= 4 is 11.9 Å². The lowest BCUT2D eigenvalue weighted by Crippen LogP contribution is -2.24. The van der Waals surface area contributed by atoms with E-state index in [2.05, 4.69) is 11.7 Å². The third-order valence-corrected chi connectivity index (χ3v) is 3.97. The number of aliphatic hydroxyl groups is 1. The summed E-state index contributed by atoms with van der Waals surface area (Å²) in [5, 5.41) is 9.88. The maximum atomic E-state index is 11.3. The quantitative estimate of drug-likeness (QED) is 0.359. The summed E-state index contributed by atoms with van der Waals surface area (Å²) in [6, 6.07) is 0. The second-order valence-electron chi connectivity index (χ2n) is 5.79. The molecule has 4 heteroatoms. The molecule has 0 aliphatic carbocycles. The summed E-state index contributed by atoms with van der Waals surface area (Å²) >= 11 is 0. The van der Waals surface area contributed by atoms with Gasteiger partial charge in [0.15, 0.2) is 0 Å². The summed E-state index contributed by atoms with van der Waals surface area (Å²) in [5.74, 6) is -1.69. The van der Waals surface area contributed by atoms with Gasteiger partial charge in [0.2, 0.25) is 0 Å². The summed E-state index contributed by atoms with van der Waals surface area (Å²) in [6.07, 6.45) is 10.9. The molecule has 0 radical (unpaired) electrons. The van der Waals surface area contributed by atoms with Crippen molar-refractivity contribution in [3.05, 3.63) is 0 Å². The largest absolute Gasteiger partial charge is 0.393 e. The normalized spacial score (nSPS) is 20.2. The van der Waals surface area contributed by atoms with Crippen LogP contribution in [0.15, 0.2) is 0 Å². The maximum Gasteiger partial charge on any atom is 0.319 e. The number of esters is 2. The lowest BCUT2D eigenvalue weighted by molar-refractivity contribution is -0.154. The fourth-order valence-corrected chi connectivity index (χ4v) is 2.65. The molecule has 1 aliphatic heterocycles. The molecule has 1 heterocycles. The van der Waals surface area contributed by atoms with Gasteiger partial charge in [-0.2, -0.15) is 0 Å². The highest BCUT2D eigenvalue weighted by molar-refractivity contribution is 5.94. The topological polar surface area (TPSA) is 63.6 Å². The highest BCUT2D eigenvalue weighted by atomic mass is 16.6. The van der Waals surface area contributed by atoms with Crippen molar-refractivity contribution in [2.45, 2.75) is 83.7 Å². The molecule has 4 nitrogen and oxygen atoms in total. The number of aliphatic hydroxyl groups excluding tert-OH is 1. The van der Waals surface area contributed by atoms with Crippen LogP contribution in [0.5, 0.6) is 0 Å². The van der Waals surface area contributed by atoms with Crippen LogP contribution in [0.1, 0.15) is 77.6 Å². The Labute approximate surface area is 121 Å². The van der Waals surface area contributed by atoms with Crippen LogP contribution in [0, 0.1) is 5.92 Å². The zero-order valence-electron chi connectivity index (χ0n) is 12.6. The molecule has 0 saturated carbocycles. The number of carbonyl (C=O) groups is 2. The molecule has 1 fully saturated rings. The lowest BCUT2D eigenvalue weighted by Gasteiger charge is -2.13. The fourth-order valence-electron chi connectivity index (χ4n) is 2.65. The summed E-state index contributed by atoms with van der Waals surface area (Å²) in [6.45, 7) is 2.22. The standard InChI is InChI=1S/C16H28O4/c1-2-3-4-5-6-7-8-9-10-11-14(17)13-12-15(18)20-16(13)19/h13-14,17H,2-12H2,1H3. The monoisotopic (exact) mass is 284 g/mol. The second-order valence-corrected chi connectivity index (χ2v) is 5.79. The van der Waals surface area contributed by atoms with Gasteiger partial charge in [0.1, 0.15) is 0 Å². The van der Waals surface area contributed by atoms with Gasteiger partial charge in [0, 0.05) is 0 Å². The summed E-state index contributed by atoms with van der Waals surface area (Å²) in [4.78, 5) is 22.2. The minimum atomic E-state index is -0.724. The van der Waals surface area contributed by atoms with Gasteiger partial charge in [-0.05, 0) is 6.42 Å². The Balaban J connectivity index is 1.96. The van der Waals surface area contributed by atoms with E-state index >= 15 is 0 Å². The minimum Gasteiger partial charge on any atom is -0.393 e. The number of ether oxygens (including phenoxy) is 1. The second kappa shape index (κ2) is 9.92. The molecule has 0 spiro atoms. The van der Waals surface area contributed by atoms with E-state index in [-0.39, 0.29) is 6.42 Å². The van der Waals surface area contributed by atoms with E-state index in [1.54, 1.807) is 0 Å². The van der Waals surface area contributed by atoms with Gasteiger partial charge in [0.05, 0.1) is 18.4 Å². The first kappa shape index (κ1) is 17.2. The number of carbonyl (C=O) groups excluding carboxylic acids is 2. The van der Waals surface area contributed by atoms with E-state index in [1.165, 1.54) is 44.9 Å². The molecule has 0 aromatic heterocycles. The number of hydrogen-bond donors (Lipinski definition) is 1. The first-order valence-electron chi connectivity index (χ1n) is 8.07. The molecule has 2 unspecified atom stereocenters. The molecule has 1 rings (SSSR count). The van der Waals surface area contributed by atoms with Crippen LogP contribution >= 0.6 is 0 Å². The highest BCUT2D eigenvalue weighted by Crippen LogP contribution is 2.23. The first-order valence-corrected chi connectivity index (χ1v) is 8.07. The van der Waals surface area contributed by atoms with Gasteiger partial charge < -0.3 is 9.84 Å². The Hall–Kier alpha value is -0.900. The van der Waals surface area contributed by atoms with Crippen LogP contribution in [0.4, 0.5) is 0 Å². The third kappa shape index (κ3) is 6.51.